The fourth-order valence-electron chi connectivity index (χ4n) is 2.14. The van der Waals surface area contributed by atoms with E-state index in [1.54, 1.807) is 6.07 Å². The summed E-state index contributed by atoms with van der Waals surface area (Å²) < 4.78 is 13.1. The lowest BCUT2D eigenvalue weighted by molar-refractivity contribution is -0.120. The van der Waals surface area contributed by atoms with Crippen LogP contribution >= 0.6 is 11.6 Å². The molecule has 2 rings (SSSR count). The third-order valence-corrected chi connectivity index (χ3v) is 3.61. The predicted molar refractivity (Wildman–Crippen MR) is 87.5 cm³/mol. The summed E-state index contributed by atoms with van der Waals surface area (Å²) in [6.45, 7) is 2.12. The summed E-state index contributed by atoms with van der Waals surface area (Å²) in [4.78, 5) is 12.0. The molecule has 0 heterocycles. The zero-order chi connectivity index (χ0) is 15.9. The molecule has 3 nitrogen and oxygen atoms in total. The second-order valence-corrected chi connectivity index (χ2v) is 5.33. The maximum Gasteiger partial charge on any atom is 0.239 e. The fourth-order valence-corrected chi connectivity index (χ4v) is 2.32. The summed E-state index contributed by atoms with van der Waals surface area (Å²) in [6.07, 6.45) is 0.804. The van der Waals surface area contributed by atoms with Crippen LogP contribution in [-0.4, -0.2) is 12.5 Å². The molecular formula is C17H18ClFN2O. The van der Waals surface area contributed by atoms with Crippen molar-refractivity contribution in [1.29, 1.82) is 0 Å². The molecule has 0 aliphatic carbocycles. The highest BCUT2D eigenvalue weighted by molar-refractivity contribution is 6.31. The molecule has 116 valence electrons. The molecule has 0 aromatic heterocycles. The molecular weight excluding hydrogens is 303 g/mol. The molecule has 0 spiro atoms. The van der Waals surface area contributed by atoms with E-state index in [4.69, 9.17) is 11.6 Å². The van der Waals surface area contributed by atoms with Crippen LogP contribution in [0.4, 0.5) is 10.1 Å². The molecule has 22 heavy (non-hydrogen) atoms. The van der Waals surface area contributed by atoms with E-state index in [2.05, 4.69) is 10.6 Å². The first kappa shape index (κ1) is 16.3. The van der Waals surface area contributed by atoms with Gasteiger partial charge in [-0.2, -0.15) is 0 Å². The van der Waals surface area contributed by atoms with Gasteiger partial charge in [0.15, 0.2) is 0 Å². The Kier molecular flexibility index (Phi) is 5.78. The van der Waals surface area contributed by atoms with Crippen molar-refractivity contribution in [3.8, 4) is 0 Å². The molecule has 0 aliphatic heterocycles. The molecule has 1 atom stereocenters. The number of carbonyl (C=O) groups excluding carboxylic acids is 1. The Morgan fingerprint density at radius 1 is 1.23 bits per heavy atom. The molecule has 0 radical (unpaired) electrons. The van der Waals surface area contributed by atoms with Gasteiger partial charge in [0.05, 0.1) is 17.6 Å². The zero-order valence-electron chi connectivity index (χ0n) is 12.3. The third-order valence-electron chi connectivity index (χ3n) is 3.32. The first-order chi connectivity index (χ1) is 10.6. The SMILES string of the molecule is CCC(NC(=O)CNc1ccc(F)c(Cl)c1)c1ccccc1. The highest BCUT2D eigenvalue weighted by Crippen LogP contribution is 2.19. The smallest absolute Gasteiger partial charge is 0.239 e. The number of hydrogen-bond donors (Lipinski definition) is 2. The van der Waals surface area contributed by atoms with Crippen LogP contribution in [0.3, 0.4) is 0 Å². The number of nitrogens with one attached hydrogen (secondary N) is 2. The molecule has 5 heteroatoms. The van der Waals surface area contributed by atoms with E-state index in [-0.39, 0.29) is 23.5 Å². The standard InChI is InChI=1S/C17H18ClFN2O/c1-2-16(12-6-4-3-5-7-12)21-17(22)11-20-13-8-9-15(19)14(18)10-13/h3-10,16,20H,2,11H2,1H3,(H,21,22). The first-order valence-electron chi connectivity index (χ1n) is 7.13. The second-order valence-electron chi connectivity index (χ2n) is 4.92. The lowest BCUT2D eigenvalue weighted by Crippen LogP contribution is -2.33. The molecule has 2 aromatic rings. The Bertz CT molecular complexity index is 634. The van der Waals surface area contributed by atoms with Gasteiger partial charge in [0.25, 0.3) is 0 Å². The maximum atomic E-state index is 13.1. The Balaban J connectivity index is 1.90. The quantitative estimate of drug-likeness (QED) is 0.839. The zero-order valence-corrected chi connectivity index (χ0v) is 13.0. The van der Waals surface area contributed by atoms with Gasteiger partial charge in [0.1, 0.15) is 5.82 Å². The van der Waals surface area contributed by atoms with Crippen LogP contribution in [0.5, 0.6) is 0 Å². The Morgan fingerprint density at radius 2 is 1.95 bits per heavy atom. The van der Waals surface area contributed by atoms with E-state index in [1.165, 1.54) is 12.1 Å². The van der Waals surface area contributed by atoms with Crippen molar-refractivity contribution in [2.75, 3.05) is 11.9 Å². The summed E-state index contributed by atoms with van der Waals surface area (Å²) >= 11 is 5.70. The van der Waals surface area contributed by atoms with Crippen LogP contribution in [0.25, 0.3) is 0 Å². The summed E-state index contributed by atoms with van der Waals surface area (Å²) in [5.41, 5.74) is 1.68. The largest absolute Gasteiger partial charge is 0.376 e. The minimum atomic E-state index is -0.480. The molecule has 0 fully saturated rings. The normalized spacial score (nSPS) is 11.8. The Morgan fingerprint density at radius 3 is 2.59 bits per heavy atom. The average Bonchev–Trinajstić information content (AvgIpc) is 2.54. The number of carbonyl (C=O) groups is 1. The van der Waals surface area contributed by atoms with Crippen molar-refractivity contribution in [1.82, 2.24) is 5.32 Å². The second kappa shape index (κ2) is 7.80. The van der Waals surface area contributed by atoms with E-state index in [1.807, 2.05) is 37.3 Å². The van der Waals surface area contributed by atoms with Gasteiger partial charge >= 0.3 is 0 Å². The third kappa shape index (κ3) is 4.46. The van der Waals surface area contributed by atoms with Crippen molar-refractivity contribution in [2.24, 2.45) is 0 Å². The van der Waals surface area contributed by atoms with Crippen LogP contribution in [0.1, 0.15) is 24.9 Å². The highest BCUT2D eigenvalue weighted by Gasteiger charge is 2.12. The first-order valence-corrected chi connectivity index (χ1v) is 7.51. The van der Waals surface area contributed by atoms with Crippen LogP contribution in [0, 0.1) is 5.82 Å². The number of anilines is 1. The van der Waals surface area contributed by atoms with Gasteiger partial charge in [0, 0.05) is 5.69 Å². The molecule has 2 aromatic carbocycles. The lowest BCUT2D eigenvalue weighted by Gasteiger charge is -2.18. The topological polar surface area (TPSA) is 41.1 Å². The van der Waals surface area contributed by atoms with Gasteiger partial charge in [-0.3, -0.25) is 4.79 Å². The number of halogens is 2. The van der Waals surface area contributed by atoms with Crippen molar-refractivity contribution in [3.05, 3.63) is 64.9 Å². The summed E-state index contributed by atoms with van der Waals surface area (Å²) in [6, 6.07) is 14.1. The molecule has 0 saturated carbocycles. The maximum absolute atomic E-state index is 13.1. The van der Waals surface area contributed by atoms with Crippen LogP contribution < -0.4 is 10.6 Å². The summed E-state index contributed by atoms with van der Waals surface area (Å²) in [5, 5.41) is 5.93. The van der Waals surface area contributed by atoms with E-state index >= 15 is 0 Å². The van der Waals surface area contributed by atoms with Gasteiger partial charge in [-0.15, -0.1) is 0 Å². The van der Waals surface area contributed by atoms with E-state index in [9.17, 15) is 9.18 Å². The van der Waals surface area contributed by atoms with Crippen molar-refractivity contribution in [2.45, 2.75) is 19.4 Å². The minimum absolute atomic E-state index is 0.0210. The molecule has 0 bridgehead atoms. The number of hydrogen-bond acceptors (Lipinski definition) is 2. The Labute approximate surface area is 134 Å². The highest BCUT2D eigenvalue weighted by atomic mass is 35.5. The van der Waals surface area contributed by atoms with Crippen molar-refractivity contribution in [3.63, 3.8) is 0 Å². The monoisotopic (exact) mass is 320 g/mol. The molecule has 1 amide bonds. The lowest BCUT2D eigenvalue weighted by atomic mass is 10.0. The van der Waals surface area contributed by atoms with Gasteiger partial charge in [-0.25, -0.2) is 4.39 Å². The van der Waals surface area contributed by atoms with Gasteiger partial charge in [-0.1, -0.05) is 48.9 Å². The van der Waals surface area contributed by atoms with Gasteiger partial charge in [0.2, 0.25) is 5.91 Å². The van der Waals surface area contributed by atoms with Crippen LogP contribution in [0.2, 0.25) is 5.02 Å². The van der Waals surface area contributed by atoms with Crippen molar-refractivity contribution >= 4 is 23.2 Å². The van der Waals surface area contributed by atoms with Gasteiger partial charge < -0.3 is 10.6 Å². The van der Waals surface area contributed by atoms with E-state index in [0.717, 1.165) is 12.0 Å². The van der Waals surface area contributed by atoms with E-state index in [0.29, 0.717) is 5.69 Å². The van der Waals surface area contributed by atoms with Crippen LogP contribution in [-0.2, 0) is 4.79 Å². The predicted octanol–water partition coefficient (Wildman–Crippen LogP) is 4.16. The van der Waals surface area contributed by atoms with E-state index < -0.39 is 5.82 Å². The molecule has 2 N–H and O–H groups in total. The van der Waals surface area contributed by atoms with Gasteiger partial charge in [-0.05, 0) is 30.2 Å². The summed E-state index contributed by atoms with van der Waals surface area (Å²) in [7, 11) is 0. The fraction of sp³-hybridized carbons (Fsp3) is 0.235. The molecule has 1 unspecified atom stereocenters. The Hall–Kier alpha value is -2.07. The minimum Gasteiger partial charge on any atom is -0.376 e. The van der Waals surface area contributed by atoms with Crippen LogP contribution in [0.15, 0.2) is 48.5 Å². The molecule has 0 aliphatic rings. The number of benzene rings is 2. The van der Waals surface area contributed by atoms with Crippen molar-refractivity contribution < 1.29 is 9.18 Å². The number of amides is 1. The average molecular weight is 321 g/mol. The number of rotatable bonds is 6. The molecule has 0 saturated heterocycles. The summed E-state index contributed by atoms with van der Waals surface area (Å²) in [5.74, 6) is -0.608.